The maximum absolute atomic E-state index is 13.3. The van der Waals surface area contributed by atoms with E-state index in [2.05, 4.69) is 19.6 Å². The second kappa shape index (κ2) is 8.38. The van der Waals surface area contributed by atoms with Crippen LogP contribution < -0.4 is 0 Å². The molecule has 0 aliphatic heterocycles. The zero-order chi connectivity index (χ0) is 19.7. The van der Waals surface area contributed by atoms with E-state index in [1.807, 2.05) is 13.8 Å². The molecule has 0 aromatic rings. The van der Waals surface area contributed by atoms with Crippen LogP contribution in [0.2, 0.25) is 19.6 Å². The molecule has 3 rings (SSSR count). The quantitative estimate of drug-likeness (QED) is 0.260. The molecule has 0 radical (unpaired) electrons. The molecular weight excluding hydrogens is 356 g/mol. The molecule has 0 spiro atoms. The van der Waals surface area contributed by atoms with Crippen molar-refractivity contribution in [3.05, 3.63) is 11.1 Å². The first-order valence-corrected chi connectivity index (χ1v) is 14.5. The van der Waals surface area contributed by atoms with Crippen molar-refractivity contribution in [2.24, 2.45) is 17.8 Å². The summed E-state index contributed by atoms with van der Waals surface area (Å²) in [4.78, 5) is 13.3. The molecule has 0 aromatic heterocycles. The number of carbonyl (C=O) groups excluding carboxylic acids is 1. The Morgan fingerprint density at radius 2 is 1.70 bits per heavy atom. The highest BCUT2D eigenvalue weighted by Gasteiger charge is 2.61. The fraction of sp³-hybridized carbons (Fsp3) is 0.864. The van der Waals surface area contributed by atoms with E-state index in [0.717, 1.165) is 25.7 Å². The first kappa shape index (κ1) is 21.1. The monoisotopic (exact) mass is 394 g/mol. The second-order valence-corrected chi connectivity index (χ2v) is 13.7. The zero-order valence-electron chi connectivity index (χ0n) is 17.9. The van der Waals surface area contributed by atoms with Crippen LogP contribution in [-0.4, -0.2) is 33.3 Å². The number of esters is 1. The average molecular weight is 395 g/mol. The first-order valence-electron chi connectivity index (χ1n) is 11.1. The van der Waals surface area contributed by atoms with Gasteiger partial charge in [0, 0.05) is 12.5 Å². The summed E-state index contributed by atoms with van der Waals surface area (Å²) in [6.07, 6.45) is 9.33. The Kier molecular flexibility index (Phi) is 6.54. The van der Waals surface area contributed by atoms with Gasteiger partial charge in [0.25, 0.3) is 0 Å². The Morgan fingerprint density at radius 1 is 1.00 bits per heavy atom. The van der Waals surface area contributed by atoms with Crippen molar-refractivity contribution in [1.29, 1.82) is 0 Å². The minimum absolute atomic E-state index is 0.138. The van der Waals surface area contributed by atoms with Gasteiger partial charge >= 0.3 is 5.97 Å². The molecule has 0 saturated heterocycles. The molecule has 3 aliphatic carbocycles. The number of hydrogen-bond acceptors (Lipinski definition) is 4. The van der Waals surface area contributed by atoms with Gasteiger partial charge in [0.2, 0.25) is 0 Å². The van der Waals surface area contributed by atoms with Crippen LogP contribution >= 0.6 is 0 Å². The van der Waals surface area contributed by atoms with Crippen molar-refractivity contribution < 1.29 is 18.7 Å². The third kappa shape index (κ3) is 4.06. The van der Waals surface area contributed by atoms with Crippen LogP contribution in [0.3, 0.4) is 0 Å². The molecule has 0 heterocycles. The predicted octanol–water partition coefficient (Wildman–Crippen LogP) is 5.44. The van der Waals surface area contributed by atoms with Gasteiger partial charge in [0.15, 0.2) is 14.1 Å². The van der Waals surface area contributed by atoms with E-state index < -0.39 is 14.1 Å². The number of rotatable bonds is 6. The molecule has 0 bridgehead atoms. The van der Waals surface area contributed by atoms with E-state index in [9.17, 15) is 4.79 Å². The van der Waals surface area contributed by atoms with Gasteiger partial charge in [-0.25, -0.2) is 0 Å². The summed E-state index contributed by atoms with van der Waals surface area (Å²) in [7, 11) is -1.96. The topological polar surface area (TPSA) is 44.8 Å². The summed E-state index contributed by atoms with van der Waals surface area (Å²) < 4.78 is 19.0. The molecular formula is C22H38O4Si. The van der Waals surface area contributed by atoms with Crippen LogP contribution in [0.5, 0.6) is 0 Å². The number of fused-ring (bicyclic) bond motifs is 2. The summed E-state index contributed by atoms with van der Waals surface area (Å²) in [5.41, 5.74) is 2.85. The minimum atomic E-state index is -1.96. The van der Waals surface area contributed by atoms with Gasteiger partial charge in [-0.15, -0.1) is 0 Å². The van der Waals surface area contributed by atoms with Crippen LogP contribution in [0, 0.1) is 17.8 Å². The van der Waals surface area contributed by atoms with Crippen molar-refractivity contribution in [3.63, 3.8) is 0 Å². The van der Waals surface area contributed by atoms with Crippen molar-refractivity contribution in [1.82, 2.24) is 0 Å². The molecule has 0 aromatic carbocycles. The predicted molar refractivity (Wildman–Crippen MR) is 110 cm³/mol. The lowest BCUT2D eigenvalue weighted by Crippen LogP contribution is -2.61. The maximum atomic E-state index is 13.3. The summed E-state index contributed by atoms with van der Waals surface area (Å²) in [5.74, 6) is -0.595. The van der Waals surface area contributed by atoms with Gasteiger partial charge in [-0.3, -0.25) is 4.79 Å². The summed E-state index contributed by atoms with van der Waals surface area (Å²) in [5, 5.41) is 0. The van der Waals surface area contributed by atoms with Crippen LogP contribution in [-0.2, 0) is 18.7 Å². The number of carbonyl (C=O) groups is 1. The molecule has 4 atom stereocenters. The zero-order valence-corrected chi connectivity index (χ0v) is 18.9. The van der Waals surface area contributed by atoms with Crippen LogP contribution in [0.4, 0.5) is 0 Å². The smallest absolute Gasteiger partial charge is 0.318 e. The minimum Gasteiger partial charge on any atom is -0.465 e. The van der Waals surface area contributed by atoms with Crippen molar-refractivity contribution >= 4 is 14.3 Å². The lowest BCUT2D eigenvalue weighted by atomic mass is 9.65. The lowest BCUT2D eigenvalue weighted by molar-refractivity contribution is -0.261. The standard InChI is InChI=1S/C22H38O4Si/c1-6-24-21(23)20-18-14-11-13-16(18)17-12-9-8-10-15-19(17)22(20,25-7-2)26-27(3,4)5/h17,19-20H,6-15H2,1-5H3/t17-,19-,20+,22?/m0/s1. The van der Waals surface area contributed by atoms with E-state index in [1.165, 1.54) is 31.3 Å². The van der Waals surface area contributed by atoms with E-state index in [4.69, 9.17) is 13.9 Å². The van der Waals surface area contributed by atoms with Gasteiger partial charge in [0.05, 0.1) is 6.61 Å². The van der Waals surface area contributed by atoms with Crippen LogP contribution in [0.25, 0.3) is 0 Å². The van der Waals surface area contributed by atoms with E-state index in [1.54, 1.807) is 5.57 Å². The normalized spacial score (nSPS) is 34.0. The Bertz CT molecular complexity index is 579. The highest BCUT2D eigenvalue weighted by Crippen LogP contribution is 2.57. The van der Waals surface area contributed by atoms with Gasteiger partial charge in [-0.2, -0.15) is 0 Å². The van der Waals surface area contributed by atoms with Gasteiger partial charge < -0.3 is 13.9 Å². The number of allylic oxidation sites excluding steroid dienone is 1. The van der Waals surface area contributed by atoms with Crippen molar-refractivity contribution in [2.45, 2.75) is 90.6 Å². The number of hydrogen-bond donors (Lipinski definition) is 0. The molecule has 3 aliphatic rings. The van der Waals surface area contributed by atoms with Crippen molar-refractivity contribution in [3.8, 4) is 0 Å². The second-order valence-electron chi connectivity index (χ2n) is 9.31. The highest BCUT2D eigenvalue weighted by molar-refractivity contribution is 6.69. The van der Waals surface area contributed by atoms with Gasteiger partial charge in [-0.05, 0) is 71.5 Å². The van der Waals surface area contributed by atoms with E-state index in [0.29, 0.717) is 19.1 Å². The fourth-order valence-corrected chi connectivity index (χ4v) is 7.08. The summed E-state index contributed by atoms with van der Waals surface area (Å²) >= 11 is 0. The molecule has 27 heavy (non-hydrogen) atoms. The molecule has 0 amide bonds. The Balaban J connectivity index is 2.17. The molecule has 1 unspecified atom stereocenters. The van der Waals surface area contributed by atoms with Crippen LogP contribution in [0.1, 0.15) is 65.2 Å². The van der Waals surface area contributed by atoms with E-state index in [-0.39, 0.29) is 17.8 Å². The maximum Gasteiger partial charge on any atom is 0.318 e. The van der Waals surface area contributed by atoms with Gasteiger partial charge in [-0.1, -0.05) is 30.4 Å². The Labute approximate surface area is 166 Å². The number of ether oxygens (including phenoxy) is 2. The SMILES string of the molecule is CCOC(=O)[C@H]1C2=C(CCC2)[C@@H]2CCCCC[C@@H]2C1(OCC)O[Si](C)(C)C. The third-order valence-corrected chi connectivity index (χ3v) is 7.33. The molecule has 1 saturated carbocycles. The molecule has 4 nitrogen and oxygen atoms in total. The molecule has 0 N–H and O–H groups in total. The average Bonchev–Trinajstić information content (AvgIpc) is 2.90. The highest BCUT2D eigenvalue weighted by atomic mass is 28.4. The first-order chi connectivity index (χ1) is 12.8. The van der Waals surface area contributed by atoms with Crippen molar-refractivity contribution in [2.75, 3.05) is 13.2 Å². The fourth-order valence-electron chi connectivity index (χ4n) is 5.80. The largest absolute Gasteiger partial charge is 0.465 e. The summed E-state index contributed by atoms with van der Waals surface area (Å²) in [6.45, 7) is 11.5. The Morgan fingerprint density at radius 3 is 2.37 bits per heavy atom. The van der Waals surface area contributed by atoms with Crippen LogP contribution in [0.15, 0.2) is 11.1 Å². The summed E-state index contributed by atoms with van der Waals surface area (Å²) in [6, 6.07) is 0. The molecule has 154 valence electrons. The van der Waals surface area contributed by atoms with E-state index >= 15 is 0 Å². The molecule has 1 fully saturated rings. The molecule has 5 heteroatoms. The van der Waals surface area contributed by atoms with Gasteiger partial charge in [0.1, 0.15) is 5.92 Å². The third-order valence-electron chi connectivity index (χ3n) is 6.39. The Hall–Kier alpha value is -0.653. The lowest BCUT2D eigenvalue weighted by Gasteiger charge is -2.53.